The van der Waals surface area contributed by atoms with Gasteiger partial charge in [-0.3, -0.25) is 19.6 Å². The summed E-state index contributed by atoms with van der Waals surface area (Å²) in [5.74, 6) is -0.985. The van der Waals surface area contributed by atoms with E-state index in [4.69, 9.17) is 0 Å². The van der Waals surface area contributed by atoms with Gasteiger partial charge < -0.3 is 0 Å². The Bertz CT molecular complexity index is 815. The molecule has 1 atom stereocenters. The van der Waals surface area contributed by atoms with E-state index in [0.717, 1.165) is 0 Å². The van der Waals surface area contributed by atoms with Gasteiger partial charge >= 0.3 is 5.69 Å². The molecule has 0 fully saturated rings. The first-order valence-electron chi connectivity index (χ1n) is 7.10. The van der Waals surface area contributed by atoms with E-state index < -0.39 is 22.7 Å². The first-order valence-corrected chi connectivity index (χ1v) is 7.10. The molecule has 0 radical (unpaired) electrons. The van der Waals surface area contributed by atoms with E-state index in [1.807, 2.05) is 0 Å². The number of amides is 1. The van der Waals surface area contributed by atoms with E-state index >= 15 is 0 Å². The molecule has 0 saturated heterocycles. The average Bonchev–Trinajstić information content (AvgIpc) is 2.83. The van der Waals surface area contributed by atoms with Crippen LogP contribution in [0.15, 0.2) is 29.4 Å². The molecule has 126 valence electrons. The summed E-state index contributed by atoms with van der Waals surface area (Å²) in [6, 6.07) is 5.17. The molecule has 1 heterocycles. The van der Waals surface area contributed by atoms with E-state index in [-0.39, 0.29) is 22.6 Å². The molecule has 1 aromatic carbocycles. The molecule has 0 spiro atoms. The molecule has 0 aliphatic heterocycles. The smallest absolute Gasteiger partial charge is 0.271 e. The van der Waals surface area contributed by atoms with E-state index in [9.17, 15) is 19.3 Å². The zero-order valence-electron chi connectivity index (χ0n) is 13.4. The van der Waals surface area contributed by atoms with Crippen LogP contribution in [0.5, 0.6) is 0 Å². The van der Waals surface area contributed by atoms with Crippen LogP contribution < -0.4 is 5.43 Å². The lowest BCUT2D eigenvalue weighted by atomic mass is 10.2. The number of nitrogens with one attached hydrogen (secondary N) is 1. The third-order valence-corrected chi connectivity index (χ3v) is 3.50. The zero-order chi connectivity index (χ0) is 17.9. The molecule has 1 N–H and O–H groups in total. The Hall–Kier alpha value is -3.10. The largest absolute Gasteiger partial charge is 0.312 e. The maximum Gasteiger partial charge on any atom is 0.312 e. The second-order valence-electron chi connectivity index (χ2n) is 5.15. The van der Waals surface area contributed by atoms with Gasteiger partial charge in [0.25, 0.3) is 5.91 Å². The SMILES string of the molecule is Cc1nn(C(C)C(=O)NN=Cc2ccccc2F)c(C)c1[N+](=O)[O-]. The molecule has 1 amide bonds. The lowest BCUT2D eigenvalue weighted by molar-refractivity contribution is -0.386. The predicted molar refractivity (Wildman–Crippen MR) is 85.2 cm³/mol. The summed E-state index contributed by atoms with van der Waals surface area (Å²) >= 11 is 0. The highest BCUT2D eigenvalue weighted by atomic mass is 19.1. The highest BCUT2D eigenvalue weighted by Crippen LogP contribution is 2.24. The Balaban J connectivity index is 2.12. The van der Waals surface area contributed by atoms with E-state index in [1.54, 1.807) is 12.1 Å². The molecule has 0 aliphatic rings. The van der Waals surface area contributed by atoms with Crippen LogP contribution in [0.3, 0.4) is 0 Å². The van der Waals surface area contributed by atoms with Crippen molar-refractivity contribution in [3.8, 4) is 0 Å². The average molecular weight is 333 g/mol. The quantitative estimate of drug-likeness (QED) is 0.515. The fourth-order valence-corrected chi connectivity index (χ4v) is 2.25. The number of rotatable bonds is 5. The number of aromatic nitrogens is 2. The number of carbonyl (C=O) groups is 1. The van der Waals surface area contributed by atoms with Gasteiger partial charge in [0.2, 0.25) is 0 Å². The molecule has 0 bridgehead atoms. The topological polar surface area (TPSA) is 102 Å². The number of nitro groups is 1. The Morgan fingerprint density at radius 3 is 2.71 bits per heavy atom. The zero-order valence-corrected chi connectivity index (χ0v) is 13.4. The van der Waals surface area contributed by atoms with Crippen LogP contribution in [-0.2, 0) is 4.79 Å². The van der Waals surface area contributed by atoms with Crippen molar-refractivity contribution in [3.63, 3.8) is 0 Å². The van der Waals surface area contributed by atoms with Crippen molar-refractivity contribution in [2.24, 2.45) is 5.10 Å². The Labute approximate surface area is 137 Å². The first kappa shape index (κ1) is 17.3. The number of carbonyl (C=O) groups excluding carboxylic acids is 1. The van der Waals surface area contributed by atoms with Crippen molar-refractivity contribution in [1.82, 2.24) is 15.2 Å². The number of hydrazone groups is 1. The van der Waals surface area contributed by atoms with Crippen molar-refractivity contribution < 1.29 is 14.1 Å². The van der Waals surface area contributed by atoms with Crippen molar-refractivity contribution >= 4 is 17.8 Å². The summed E-state index contributed by atoms with van der Waals surface area (Å²) < 4.78 is 14.7. The molecule has 1 unspecified atom stereocenters. The van der Waals surface area contributed by atoms with Gasteiger partial charge in [0.15, 0.2) is 0 Å². The van der Waals surface area contributed by atoms with Crippen molar-refractivity contribution in [2.75, 3.05) is 0 Å². The van der Waals surface area contributed by atoms with Crippen molar-refractivity contribution in [2.45, 2.75) is 26.8 Å². The van der Waals surface area contributed by atoms with Crippen LogP contribution in [0.1, 0.15) is 29.9 Å². The van der Waals surface area contributed by atoms with Crippen LogP contribution in [-0.4, -0.2) is 26.8 Å². The van der Waals surface area contributed by atoms with Gasteiger partial charge in [0, 0.05) is 5.56 Å². The van der Waals surface area contributed by atoms with Crippen molar-refractivity contribution in [1.29, 1.82) is 0 Å². The van der Waals surface area contributed by atoms with Crippen LogP contribution in [0.25, 0.3) is 0 Å². The van der Waals surface area contributed by atoms with Crippen LogP contribution in [0, 0.1) is 29.8 Å². The normalized spacial score (nSPS) is 12.3. The Morgan fingerprint density at radius 2 is 2.12 bits per heavy atom. The van der Waals surface area contributed by atoms with Crippen LogP contribution >= 0.6 is 0 Å². The summed E-state index contributed by atoms with van der Waals surface area (Å²) in [7, 11) is 0. The minimum absolute atomic E-state index is 0.121. The van der Waals surface area contributed by atoms with Gasteiger partial charge in [0.1, 0.15) is 23.2 Å². The van der Waals surface area contributed by atoms with Gasteiger partial charge in [-0.2, -0.15) is 10.2 Å². The lowest BCUT2D eigenvalue weighted by Crippen LogP contribution is -2.28. The Kier molecular flexibility index (Phi) is 5.02. The van der Waals surface area contributed by atoms with Crippen LogP contribution in [0.4, 0.5) is 10.1 Å². The maximum atomic E-state index is 13.4. The fourth-order valence-electron chi connectivity index (χ4n) is 2.25. The number of benzene rings is 1. The summed E-state index contributed by atoms with van der Waals surface area (Å²) in [5, 5.41) is 18.7. The Morgan fingerprint density at radius 1 is 1.46 bits per heavy atom. The molecular formula is C15H16FN5O3. The molecule has 9 heteroatoms. The van der Waals surface area contributed by atoms with E-state index in [2.05, 4.69) is 15.6 Å². The van der Waals surface area contributed by atoms with Crippen molar-refractivity contribution in [3.05, 3.63) is 57.1 Å². The number of halogens is 1. The summed E-state index contributed by atoms with van der Waals surface area (Å²) in [4.78, 5) is 22.6. The summed E-state index contributed by atoms with van der Waals surface area (Å²) in [6.45, 7) is 4.56. The van der Waals surface area contributed by atoms with Gasteiger partial charge in [-0.05, 0) is 26.8 Å². The van der Waals surface area contributed by atoms with E-state index in [1.165, 1.54) is 43.8 Å². The highest BCUT2D eigenvalue weighted by Gasteiger charge is 2.26. The standard InChI is InChI=1S/C15H16FN5O3/c1-9-14(21(23)24)10(2)20(19-9)11(3)15(22)18-17-8-12-6-4-5-7-13(12)16/h4-8,11H,1-3H3,(H,18,22). The van der Waals surface area contributed by atoms with Gasteiger partial charge in [-0.15, -0.1) is 0 Å². The predicted octanol–water partition coefficient (Wildman–Crippen LogP) is 2.26. The van der Waals surface area contributed by atoms with Gasteiger partial charge in [0.05, 0.1) is 11.1 Å². The maximum absolute atomic E-state index is 13.4. The molecule has 2 rings (SSSR count). The molecule has 8 nitrogen and oxygen atoms in total. The monoisotopic (exact) mass is 333 g/mol. The fraction of sp³-hybridized carbons (Fsp3) is 0.267. The van der Waals surface area contributed by atoms with Crippen LogP contribution in [0.2, 0.25) is 0 Å². The molecule has 0 aliphatic carbocycles. The molecule has 0 saturated carbocycles. The molecule has 1 aromatic heterocycles. The summed E-state index contributed by atoms with van der Waals surface area (Å²) in [6.07, 6.45) is 1.18. The number of hydrogen-bond acceptors (Lipinski definition) is 5. The minimum atomic E-state index is -0.810. The number of hydrogen-bond donors (Lipinski definition) is 1. The second-order valence-corrected chi connectivity index (χ2v) is 5.15. The number of aryl methyl sites for hydroxylation is 1. The summed E-state index contributed by atoms with van der Waals surface area (Å²) in [5.41, 5.74) is 2.89. The minimum Gasteiger partial charge on any atom is -0.271 e. The third-order valence-electron chi connectivity index (χ3n) is 3.50. The second kappa shape index (κ2) is 6.99. The molecular weight excluding hydrogens is 317 g/mol. The van der Waals surface area contributed by atoms with E-state index in [0.29, 0.717) is 0 Å². The number of nitrogens with zero attached hydrogens (tertiary/aromatic N) is 4. The third kappa shape index (κ3) is 3.45. The molecule has 2 aromatic rings. The van der Waals surface area contributed by atoms with Gasteiger partial charge in [-0.25, -0.2) is 9.82 Å². The highest BCUT2D eigenvalue weighted by molar-refractivity contribution is 5.84. The molecule has 24 heavy (non-hydrogen) atoms. The lowest BCUT2D eigenvalue weighted by Gasteiger charge is -2.11. The first-order chi connectivity index (χ1) is 11.3. The van der Waals surface area contributed by atoms with Gasteiger partial charge in [-0.1, -0.05) is 18.2 Å².